The minimum absolute atomic E-state index is 0.269. The van der Waals surface area contributed by atoms with Gasteiger partial charge in [0.05, 0.1) is 0 Å². The summed E-state index contributed by atoms with van der Waals surface area (Å²) < 4.78 is 12.9. The summed E-state index contributed by atoms with van der Waals surface area (Å²) in [5.41, 5.74) is 0.531. The zero-order chi connectivity index (χ0) is 11.4. The Morgan fingerprint density at radius 1 is 1.25 bits per heavy atom. The molecule has 0 amide bonds. The van der Waals surface area contributed by atoms with Crippen LogP contribution in [-0.4, -0.2) is 11.3 Å². The van der Waals surface area contributed by atoms with Gasteiger partial charge in [0.1, 0.15) is 10.8 Å². The summed E-state index contributed by atoms with van der Waals surface area (Å²) in [6, 6.07) is 9.72. The minimum atomic E-state index is -0.269. The van der Waals surface area contributed by atoms with Gasteiger partial charge in [-0.2, -0.15) is 0 Å². The van der Waals surface area contributed by atoms with Crippen molar-refractivity contribution in [3.05, 3.63) is 54.0 Å². The highest BCUT2D eigenvalue weighted by molar-refractivity contribution is 7.99. The van der Waals surface area contributed by atoms with Crippen molar-refractivity contribution in [2.45, 2.75) is 9.92 Å². The molecule has 2 rings (SSSR count). The van der Waals surface area contributed by atoms with Crippen LogP contribution in [-0.2, 0) is 0 Å². The monoisotopic (exact) mass is 233 g/mol. The number of aldehydes is 1. The van der Waals surface area contributed by atoms with Crippen LogP contribution in [0.15, 0.2) is 52.5 Å². The molecule has 1 aromatic carbocycles. The van der Waals surface area contributed by atoms with Crippen molar-refractivity contribution in [2.75, 3.05) is 0 Å². The molecule has 0 saturated heterocycles. The highest BCUT2D eigenvalue weighted by Gasteiger charge is 2.00. The lowest BCUT2D eigenvalue weighted by atomic mass is 10.3. The number of nitrogens with zero attached hydrogens (tertiary/aromatic N) is 1. The van der Waals surface area contributed by atoms with Crippen LogP contribution in [0.5, 0.6) is 0 Å². The molecule has 2 aromatic rings. The second-order valence-electron chi connectivity index (χ2n) is 3.11. The summed E-state index contributed by atoms with van der Waals surface area (Å²) in [6.07, 6.45) is 2.23. The van der Waals surface area contributed by atoms with Crippen LogP contribution in [0.4, 0.5) is 4.39 Å². The maximum Gasteiger partial charge on any atom is 0.151 e. The number of aromatic nitrogens is 1. The third-order valence-electron chi connectivity index (χ3n) is 1.91. The van der Waals surface area contributed by atoms with Gasteiger partial charge >= 0.3 is 0 Å². The molecular formula is C12H8FNOS. The van der Waals surface area contributed by atoms with Gasteiger partial charge in [-0.15, -0.1) is 0 Å². The molecule has 4 heteroatoms. The molecule has 0 saturated carbocycles. The predicted molar refractivity (Wildman–Crippen MR) is 60.1 cm³/mol. The molecule has 1 aromatic heterocycles. The van der Waals surface area contributed by atoms with Gasteiger partial charge in [-0.1, -0.05) is 17.8 Å². The summed E-state index contributed by atoms with van der Waals surface area (Å²) in [6.45, 7) is 0. The number of hydrogen-bond acceptors (Lipinski definition) is 3. The zero-order valence-corrected chi connectivity index (χ0v) is 9.08. The molecule has 1 heterocycles. The first kappa shape index (κ1) is 10.8. The van der Waals surface area contributed by atoms with Crippen LogP contribution in [0.2, 0.25) is 0 Å². The number of rotatable bonds is 3. The molecule has 0 aliphatic heterocycles. The fourth-order valence-corrected chi connectivity index (χ4v) is 1.97. The van der Waals surface area contributed by atoms with E-state index >= 15 is 0 Å². The molecule has 2 nitrogen and oxygen atoms in total. The third-order valence-corrected chi connectivity index (χ3v) is 2.85. The highest BCUT2D eigenvalue weighted by atomic mass is 32.2. The molecule has 0 unspecified atom stereocenters. The molecule has 16 heavy (non-hydrogen) atoms. The lowest BCUT2D eigenvalue weighted by molar-refractivity contribution is 0.112. The maximum atomic E-state index is 12.9. The fourth-order valence-electron chi connectivity index (χ4n) is 1.17. The third kappa shape index (κ3) is 2.67. The van der Waals surface area contributed by atoms with Crippen molar-refractivity contribution in [1.29, 1.82) is 0 Å². The molecule has 0 aliphatic carbocycles. The Morgan fingerprint density at radius 2 is 2.12 bits per heavy atom. The first-order valence-electron chi connectivity index (χ1n) is 4.62. The molecule has 0 fully saturated rings. The average molecular weight is 233 g/mol. The molecular weight excluding hydrogens is 225 g/mol. The number of carbonyl (C=O) groups excluding carboxylic acids is 1. The van der Waals surface area contributed by atoms with E-state index in [-0.39, 0.29) is 5.82 Å². The number of benzene rings is 1. The summed E-state index contributed by atoms with van der Waals surface area (Å²) in [4.78, 5) is 15.3. The zero-order valence-electron chi connectivity index (χ0n) is 8.26. The topological polar surface area (TPSA) is 30.0 Å². The van der Waals surface area contributed by atoms with E-state index in [1.165, 1.54) is 30.1 Å². The largest absolute Gasteiger partial charge is 0.298 e. The van der Waals surface area contributed by atoms with Crippen molar-refractivity contribution in [1.82, 2.24) is 4.98 Å². The van der Waals surface area contributed by atoms with Crippen LogP contribution in [0.3, 0.4) is 0 Å². The van der Waals surface area contributed by atoms with Gasteiger partial charge in [0.25, 0.3) is 0 Å². The molecule has 0 N–H and O–H groups in total. The van der Waals surface area contributed by atoms with Gasteiger partial charge in [0.2, 0.25) is 0 Å². The Morgan fingerprint density at radius 3 is 2.75 bits per heavy atom. The SMILES string of the molecule is O=Cc1ccc(Sc2cccc(F)c2)nc1. The van der Waals surface area contributed by atoms with Gasteiger partial charge in [0.15, 0.2) is 6.29 Å². The van der Waals surface area contributed by atoms with Gasteiger partial charge < -0.3 is 0 Å². The molecule has 0 atom stereocenters. The molecule has 0 spiro atoms. The van der Waals surface area contributed by atoms with Crippen LogP contribution >= 0.6 is 11.8 Å². The van der Waals surface area contributed by atoms with Crippen molar-refractivity contribution < 1.29 is 9.18 Å². The maximum absolute atomic E-state index is 12.9. The Kier molecular flexibility index (Phi) is 3.31. The standard InChI is InChI=1S/C12H8FNOS/c13-10-2-1-3-11(6-10)16-12-5-4-9(8-15)7-14-12/h1-8H. The number of pyridine rings is 1. The van der Waals surface area contributed by atoms with E-state index in [4.69, 9.17) is 0 Å². The van der Waals surface area contributed by atoms with Crippen molar-refractivity contribution in [2.24, 2.45) is 0 Å². The highest BCUT2D eigenvalue weighted by Crippen LogP contribution is 2.25. The Hall–Kier alpha value is -1.68. The molecule has 0 radical (unpaired) electrons. The number of halogens is 1. The van der Waals surface area contributed by atoms with E-state index in [1.54, 1.807) is 18.2 Å². The van der Waals surface area contributed by atoms with E-state index in [0.29, 0.717) is 5.56 Å². The van der Waals surface area contributed by atoms with Crippen molar-refractivity contribution in [3.8, 4) is 0 Å². The summed E-state index contributed by atoms with van der Waals surface area (Å²) >= 11 is 1.35. The first-order valence-corrected chi connectivity index (χ1v) is 5.44. The normalized spacial score (nSPS) is 10.1. The van der Waals surface area contributed by atoms with Crippen molar-refractivity contribution >= 4 is 18.0 Å². The average Bonchev–Trinajstić information content (AvgIpc) is 2.30. The second kappa shape index (κ2) is 4.90. The first-order chi connectivity index (χ1) is 7.78. The van der Waals surface area contributed by atoms with E-state index in [2.05, 4.69) is 4.98 Å². The van der Waals surface area contributed by atoms with Crippen LogP contribution in [0, 0.1) is 5.82 Å². The lowest BCUT2D eigenvalue weighted by Crippen LogP contribution is -1.84. The van der Waals surface area contributed by atoms with E-state index in [0.717, 1.165) is 16.2 Å². The van der Waals surface area contributed by atoms with E-state index in [1.807, 2.05) is 6.07 Å². The summed E-state index contributed by atoms with van der Waals surface area (Å²) in [5.74, 6) is -0.269. The molecule has 80 valence electrons. The van der Waals surface area contributed by atoms with E-state index in [9.17, 15) is 9.18 Å². The Balaban J connectivity index is 2.17. The number of hydrogen-bond donors (Lipinski definition) is 0. The van der Waals surface area contributed by atoms with Gasteiger partial charge in [-0.3, -0.25) is 4.79 Å². The Bertz CT molecular complexity index is 499. The van der Waals surface area contributed by atoms with Gasteiger partial charge in [-0.05, 0) is 30.3 Å². The minimum Gasteiger partial charge on any atom is -0.298 e. The second-order valence-corrected chi connectivity index (χ2v) is 4.20. The van der Waals surface area contributed by atoms with Crippen LogP contribution < -0.4 is 0 Å². The van der Waals surface area contributed by atoms with Gasteiger partial charge in [0, 0.05) is 16.7 Å². The Labute approximate surface area is 96.5 Å². The smallest absolute Gasteiger partial charge is 0.151 e. The van der Waals surface area contributed by atoms with E-state index < -0.39 is 0 Å². The van der Waals surface area contributed by atoms with Crippen LogP contribution in [0.1, 0.15) is 10.4 Å². The molecule has 0 aliphatic rings. The fraction of sp³-hybridized carbons (Fsp3) is 0. The lowest BCUT2D eigenvalue weighted by Gasteiger charge is -2.00. The summed E-state index contributed by atoms with van der Waals surface area (Å²) in [7, 11) is 0. The number of carbonyl (C=O) groups is 1. The summed E-state index contributed by atoms with van der Waals surface area (Å²) in [5, 5.41) is 0.733. The van der Waals surface area contributed by atoms with Crippen LogP contribution in [0.25, 0.3) is 0 Å². The quantitative estimate of drug-likeness (QED) is 0.763. The predicted octanol–water partition coefficient (Wildman–Crippen LogP) is 3.18. The van der Waals surface area contributed by atoms with Gasteiger partial charge in [-0.25, -0.2) is 9.37 Å². The van der Waals surface area contributed by atoms with Crippen molar-refractivity contribution in [3.63, 3.8) is 0 Å². The molecule has 0 bridgehead atoms.